The van der Waals surface area contributed by atoms with Crippen molar-refractivity contribution in [2.24, 2.45) is 11.8 Å². The van der Waals surface area contributed by atoms with E-state index in [0.717, 1.165) is 31.4 Å². The van der Waals surface area contributed by atoms with Crippen molar-refractivity contribution in [3.63, 3.8) is 0 Å². The van der Waals surface area contributed by atoms with E-state index in [1.54, 1.807) is 0 Å². The van der Waals surface area contributed by atoms with Crippen LogP contribution in [0.5, 0.6) is 0 Å². The quantitative estimate of drug-likeness (QED) is 0.713. The molecular formula is C21H31NO5. The van der Waals surface area contributed by atoms with Crippen LogP contribution in [0.25, 0.3) is 0 Å². The highest BCUT2D eigenvalue weighted by Crippen LogP contribution is 2.29. The number of amides is 1. The first-order chi connectivity index (χ1) is 12.8. The second kappa shape index (κ2) is 10.3. The molecule has 0 bridgehead atoms. The Morgan fingerprint density at radius 3 is 2.19 bits per heavy atom. The first-order valence-electron chi connectivity index (χ1n) is 9.60. The van der Waals surface area contributed by atoms with Gasteiger partial charge >= 0.3 is 12.1 Å². The molecule has 150 valence electrons. The zero-order valence-electron chi connectivity index (χ0n) is 16.5. The minimum absolute atomic E-state index is 0.0000328. The number of benzene rings is 1. The fourth-order valence-corrected chi connectivity index (χ4v) is 3.11. The van der Waals surface area contributed by atoms with E-state index >= 15 is 0 Å². The van der Waals surface area contributed by atoms with E-state index in [4.69, 9.17) is 14.2 Å². The molecule has 0 spiro atoms. The van der Waals surface area contributed by atoms with E-state index < -0.39 is 11.7 Å². The average Bonchev–Trinajstić information content (AvgIpc) is 2.60. The van der Waals surface area contributed by atoms with Gasteiger partial charge in [-0.25, -0.2) is 9.59 Å². The van der Waals surface area contributed by atoms with Gasteiger partial charge in [-0.3, -0.25) is 5.32 Å². The summed E-state index contributed by atoms with van der Waals surface area (Å²) in [4.78, 5) is 23.5. The molecule has 2 rings (SSSR count). The Balaban J connectivity index is 1.56. The topological polar surface area (TPSA) is 73.9 Å². The number of nitrogens with one attached hydrogen (secondary N) is 1. The molecule has 1 aliphatic rings. The molecule has 0 heterocycles. The van der Waals surface area contributed by atoms with Crippen molar-refractivity contribution >= 4 is 17.7 Å². The van der Waals surface area contributed by atoms with E-state index in [2.05, 4.69) is 5.32 Å². The van der Waals surface area contributed by atoms with E-state index in [1.807, 2.05) is 51.1 Å². The van der Waals surface area contributed by atoms with Gasteiger partial charge in [-0.05, 0) is 70.4 Å². The van der Waals surface area contributed by atoms with Crippen LogP contribution in [0, 0.1) is 11.8 Å². The van der Waals surface area contributed by atoms with Gasteiger partial charge in [0.1, 0.15) is 12.2 Å². The first-order valence-corrected chi connectivity index (χ1v) is 9.60. The molecule has 27 heavy (non-hydrogen) atoms. The number of para-hydroxylation sites is 1. The molecule has 1 saturated carbocycles. The third-order valence-corrected chi connectivity index (χ3v) is 4.43. The summed E-state index contributed by atoms with van der Waals surface area (Å²) < 4.78 is 16.1. The van der Waals surface area contributed by atoms with Crippen LogP contribution >= 0.6 is 0 Å². The maximum absolute atomic E-state index is 11.8. The lowest BCUT2D eigenvalue weighted by Gasteiger charge is -2.28. The molecule has 1 aliphatic carbocycles. The summed E-state index contributed by atoms with van der Waals surface area (Å²) >= 11 is 0. The van der Waals surface area contributed by atoms with E-state index in [1.165, 1.54) is 0 Å². The highest BCUT2D eigenvalue weighted by molar-refractivity contribution is 5.84. The van der Waals surface area contributed by atoms with Crippen molar-refractivity contribution in [3.05, 3.63) is 30.3 Å². The van der Waals surface area contributed by atoms with E-state index in [0.29, 0.717) is 25.0 Å². The van der Waals surface area contributed by atoms with Crippen LogP contribution in [0.2, 0.25) is 0 Å². The summed E-state index contributed by atoms with van der Waals surface area (Å²) in [6.07, 6.45) is 3.62. The SMILES string of the molecule is CC(C)(C)OC(=O)COC[C@H]1CC[C@@H](COC(=O)Nc2ccccc2)CC1. The highest BCUT2D eigenvalue weighted by atomic mass is 16.6. The fourth-order valence-electron chi connectivity index (χ4n) is 3.11. The van der Waals surface area contributed by atoms with Gasteiger partial charge in [-0.15, -0.1) is 0 Å². The third kappa shape index (κ3) is 8.91. The summed E-state index contributed by atoms with van der Waals surface area (Å²) in [7, 11) is 0. The number of ether oxygens (including phenoxy) is 3. The van der Waals surface area contributed by atoms with Crippen LogP contribution in [0.4, 0.5) is 10.5 Å². The Labute approximate surface area is 161 Å². The Kier molecular flexibility index (Phi) is 8.10. The molecule has 0 saturated heterocycles. The summed E-state index contributed by atoms with van der Waals surface area (Å²) in [5.41, 5.74) is 0.249. The van der Waals surface area contributed by atoms with Crippen LogP contribution in [0.1, 0.15) is 46.5 Å². The van der Waals surface area contributed by atoms with Gasteiger partial charge in [0.05, 0.1) is 13.2 Å². The van der Waals surface area contributed by atoms with Crippen LogP contribution in [-0.2, 0) is 19.0 Å². The van der Waals surface area contributed by atoms with Gasteiger partial charge in [-0.1, -0.05) is 18.2 Å². The van der Waals surface area contributed by atoms with Crippen molar-refractivity contribution in [1.82, 2.24) is 0 Å². The molecule has 6 nitrogen and oxygen atoms in total. The molecule has 6 heteroatoms. The normalized spacial score (nSPS) is 20.0. The second-order valence-corrected chi connectivity index (χ2v) is 8.08. The summed E-state index contributed by atoms with van der Waals surface area (Å²) in [5.74, 6) is 0.504. The molecular weight excluding hydrogens is 346 g/mol. The van der Waals surface area contributed by atoms with E-state index in [-0.39, 0.29) is 12.6 Å². The van der Waals surface area contributed by atoms with Crippen molar-refractivity contribution in [3.8, 4) is 0 Å². The Morgan fingerprint density at radius 1 is 1.00 bits per heavy atom. The number of carbonyl (C=O) groups is 2. The van der Waals surface area contributed by atoms with Crippen LogP contribution < -0.4 is 5.32 Å². The van der Waals surface area contributed by atoms with E-state index in [9.17, 15) is 9.59 Å². The molecule has 1 fully saturated rings. The molecule has 1 aromatic rings. The van der Waals surface area contributed by atoms with Crippen molar-refractivity contribution in [1.29, 1.82) is 0 Å². The molecule has 0 radical (unpaired) electrons. The monoisotopic (exact) mass is 377 g/mol. The van der Waals surface area contributed by atoms with Crippen molar-refractivity contribution in [2.75, 3.05) is 25.1 Å². The first kappa shape index (κ1) is 21.2. The summed E-state index contributed by atoms with van der Waals surface area (Å²) in [6.45, 7) is 6.53. The zero-order chi connectivity index (χ0) is 19.7. The highest BCUT2D eigenvalue weighted by Gasteiger charge is 2.23. The smallest absolute Gasteiger partial charge is 0.411 e. The Morgan fingerprint density at radius 2 is 1.59 bits per heavy atom. The molecule has 1 N–H and O–H groups in total. The number of anilines is 1. The number of esters is 1. The lowest BCUT2D eigenvalue weighted by atomic mass is 9.83. The van der Waals surface area contributed by atoms with Gasteiger partial charge in [0.2, 0.25) is 0 Å². The van der Waals surface area contributed by atoms with Crippen LogP contribution in [0.3, 0.4) is 0 Å². The van der Waals surface area contributed by atoms with Crippen molar-refractivity contribution < 1.29 is 23.8 Å². The maximum Gasteiger partial charge on any atom is 0.411 e. The summed E-state index contributed by atoms with van der Waals surface area (Å²) in [6, 6.07) is 9.27. The van der Waals surface area contributed by atoms with Gasteiger partial charge in [-0.2, -0.15) is 0 Å². The lowest BCUT2D eigenvalue weighted by molar-refractivity contribution is -0.160. The van der Waals surface area contributed by atoms with Crippen LogP contribution in [-0.4, -0.2) is 37.5 Å². The average molecular weight is 377 g/mol. The standard InChI is InChI=1S/C21H31NO5/c1-21(2,3)27-19(23)15-25-13-16-9-11-17(12-10-16)14-26-20(24)22-18-7-5-4-6-8-18/h4-8,16-17H,9-15H2,1-3H3,(H,22,24)/t16-,17+. The van der Waals surface area contributed by atoms with Gasteiger partial charge in [0, 0.05) is 5.69 Å². The molecule has 1 aromatic carbocycles. The van der Waals surface area contributed by atoms with Crippen LogP contribution in [0.15, 0.2) is 30.3 Å². The minimum atomic E-state index is -0.481. The summed E-state index contributed by atoms with van der Waals surface area (Å²) in [5, 5.41) is 2.72. The maximum atomic E-state index is 11.8. The number of hydrogen-bond acceptors (Lipinski definition) is 5. The number of hydrogen-bond donors (Lipinski definition) is 1. The molecule has 1 amide bonds. The predicted molar refractivity (Wildman–Crippen MR) is 104 cm³/mol. The molecule has 0 atom stereocenters. The van der Waals surface area contributed by atoms with Gasteiger partial charge in [0.15, 0.2) is 0 Å². The molecule has 0 aromatic heterocycles. The van der Waals surface area contributed by atoms with Gasteiger partial charge in [0.25, 0.3) is 0 Å². The number of rotatable bonds is 7. The second-order valence-electron chi connectivity index (χ2n) is 8.08. The lowest BCUT2D eigenvalue weighted by Crippen LogP contribution is -2.28. The number of carbonyl (C=O) groups excluding carboxylic acids is 2. The Hall–Kier alpha value is -2.08. The van der Waals surface area contributed by atoms with Gasteiger partial charge < -0.3 is 14.2 Å². The largest absolute Gasteiger partial charge is 0.458 e. The zero-order valence-corrected chi connectivity index (χ0v) is 16.5. The van der Waals surface area contributed by atoms with Crippen molar-refractivity contribution in [2.45, 2.75) is 52.1 Å². The third-order valence-electron chi connectivity index (χ3n) is 4.43. The molecule has 0 unspecified atom stereocenters. The minimum Gasteiger partial charge on any atom is -0.458 e. The fraction of sp³-hybridized carbons (Fsp3) is 0.619. The Bertz CT molecular complexity index is 588. The predicted octanol–water partition coefficient (Wildman–Crippen LogP) is 4.40. The molecule has 0 aliphatic heterocycles.